The number of urea groups is 1. The lowest BCUT2D eigenvalue weighted by molar-refractivity contribution is 0.0945. The second-order valence-corrected chi connectivity index (χ2v) is 7.98. The van der Waals surface area contributed by atoms with Crippen LogP contribution in [0.25, 0.3) is 11.3 Å². The Bertz CT molecular complexity index is 1210. The third-order valence-electron chi connectivity index (χ3n) is 5.74. The molecule has 2 N–H and O–H groups in total. The van der Waals surface area contributed by atoms with Gasteiger partial charge in [-0.25, -0.2) is 24.7 Å². The Hall–Kier alpha value is -4.02. The molecular weight excluding hydrogens is 424 g/mol. The number of oxazole rings is 1. The Morgan fingerprint density at radius 2 is 2.12 bits per heavy atom. The van der Waals surface area contributed by atoms with Crippen LogP contribution in [0.4, 0.5) is 22.1 Å². The molecule has 33 heavy (non-hydrogen) atoms. The minimum Gasteiger partial charge on any atom is -0.441 e. The van der Waals surface area contributed by atoms with E-state index in [4.69, 9.17) is 4.42 Å². The molecule has 0 radical (unpaired) electrons. The number of aromatic nitrogens is 4. The van der Waals surface area contributed by atoms with Crippen LogP contribution in [-0.4, -0.2) is 57.6 Å². The number of fused-ring (bicyclic) bond motifs is 4. The van der Waals surface area contributed by atoms with E-state index < -0.39 is 0 Å². The van der Waals surface area contributed by atoms with E-state index in [2.05, 4.69) is 35.5 Å². The number of carbonyl (C=O) groups excluding carboxylic acids is 2. The Labute approximate surface area is 190 Å². The molecule has 11 nitrogen and oxygen atoms in total. The fraction of sp³-hybridized carbons (Fsp3) is 0.364. The van der Waals surface area contributed by atoms with Gasteiger partial charge in [-0.15, -0.1) is 0 Å². The maximum Gasteiger partial charge on any atom is 0.329 e. The number of aryl methyl sites for hydroxylation is 1. The molecule has 5 heterocycles. The first-order valence-electron chi connectivity index (χ1n) is 10.9. The van der Waals surface area contributed by atoms with Crippen LogP contribution in [0.5, 0.6) is 0 Å². The fourth-order valence-corrected chi connectivity index (χ4v) is 4.25. The summed E-state index contributed by atoms with van der Waals surface area (Å²) in [6, 6.07) is 3.09. The van der Waals surface area contributed by atoms with Gasteiger partial charge in [-0.1, -0.05) is 0 Å². The molecule has 170 valence electrons. The lowest BCUT2D eigenvalue weighted by Crippen LogP contribution is -2.56. The summed E-state index contributed by atoms with van der Waals surface area (Å²) in [5.41, 5.74) is 1.50. The third kappa shape index (κ3) is 3.97. The van der Waals surface area contributed by atoms with Gasteiger partial charge in [0.15, 0.2) is 17.5 Å². The summed E-state index contributed by atoms with van der Waals surface area (Å²) in [4.78, 5) is 46.7. The first-order valence-corrected chi connectivity index (χ1v) is 10.9. The normalized spacial score (nSPS) is 16.8. The zero-order valence-corrected chi connectivity index (χ0v) is 18.4. The molecule has 2 bridgehead atoms. The molecule has 3 amide bonds. The molecule has 2 aliphatic rings. The highest BCUT2D eigenvalue weighted by atomic mass is 16.4. The summed E-state index contributed by atoms with van der Waals surface area (Å²) < 4.78 is 5.58. The van der Waals surface area contributed by atoms with E-state index in [0.717, 1.165) is 30.6 Å². The lowest BCUT2D eigenvalue weighted by atomic mass is 10.0. The van der Waals surface area contributed by atoms with E-state index in [1.165, 1.54) is 0 Å². The minimum absolute atomic E-state index is 0.0374. The molecule has 11 heteroatoms. The van der Waals surface area contributed by atoms with Crippen LogP contribution < -0.4 is 20.4 Å². The van der Waals surface area contributed by atoms with Crippen molar-refractivity contribution in [3.05, 3.63) is 42.4 Å². The van der Waals surface area contributed by atoms with Crippen LogP contribution in [0.1, 0.15) is 36.3 Å². The summed E-state index contributed by atoms with van der Waals surface area (Å²) in [6.45, 7) is 5.61. The van der Waals surface area contributed by atoms with Gasteiger partial charge in [0, 0.05) is 38.3 Å². The van der Waals surface area contributed by atoms with E-state index in [1.807, 2.05) is 6.92 Å². The summed E-state index contributed by atoms with van der Waals surface area (Å²) in [6.07, 6.45) is 6.65. The molecule has 3 aromatic heterocycles. The van der Waals surface area contributed by atoms with E-state index >= 15 is 0 Å². The van der Waals surface area contributed by atoms with Crippen molar-refractivity contribution in [2.24, 2.45) is 0 Å². The van der Waals surface area contributed by atoms with Crippen molar-refractivity contribution in [1.29, 1.82) is 0 Å². The average molecular weight is 448 g/mol. The van der Waals surface area contributed by atoms with Crippen molar-refractivity contribution in [2.75, 3.05) is 34.8 Å². The number of pyridine rings is 1. The molecule has 1 atom stereocenters. The Morgan fingerprint density at radius 1 is 1.24 bits per heavy atom. The second-order valence-electron chi connectivity index (χ2n) is 7.98. The van der Waals surface area contributed by atoms with Gasteiger partial charge < -0.3 is 14.6 Å². The fourth-order valence-electron chi connectivity index (χ4n) is 4.25. The van der Waals surface area contributed by atoms with Gasteiger partial charge in [-0.3, -0.25) is 15.0 Å². The number of hydrogen-bond acceptors (Lipinski definition) is 8. The van der Waals surface area contributed by atoms with Crippen molar-refractivity contribution < 1.29 is 14.0 Å². The highest BCUT2D eigenvalue weighted by Gasteiger charge is 2.39. The van der Waals surface area contributed by atoms with Crippen LogP contribution in [0, 0.1) is 6.92 Å². The molecule has 0 aromatic carbocycles. The van der Waals surface area contributed by atoms with Gasteiger partial charge in [-0.2, -0.15) is 0 Å². The molecule has 0 saturated carbocycles. The molecule has 2 aliphatic heterocycles. The van der Waals surface area contributed by atoms with Gasteiger partial charge in [0.2, 0.25) is 5.82 Å². The standard InChI is InChI=1S/C22H24N8O3/c1-3-23-21(31)19-26-10-16-20(28-19)30(15-5-4-8-29(16)12-15)22(32)27-18-9-14(6-7-24-18)17-11-25-13(2)33-17/h6-7,9-11,15H,3-5,8,12H2,1-2H3,(H,23,31)(H,24,27,32). The maximum absolute atomic E-state index is 13.4. The van der Waals surface area contributed by atoms with Crippen LogP contribution in [-0.2, 0) is 0 Å². The quantitative estimate of drug-likeness (QED) is 0.623. The monoisotopic (exact) mass is 448 g/mol. The summed E-state index contributed by atoms with van der Waals surface area (Å²) >= 11 is 0. The maximum atomic E-state index is 13.4. The van der Waals surface area contributed by atoms with E-state index in [-0.39, 0.29) is 23.8 Å². The van der Waals surface area contributed by atoms with Gasteiger partial charge in [-0.05, 0) is 31.9 Å². The predicted octanol–water partition coefficient (Wildman–Crippen LogP) is 2.61. The zero-order valence-electron chi connectivity index (χ0n) is 18.4. The number of rotatable bonds is 4. The highest BCUT2D eigenvalue weighted by Crippen LogP contribution is 2.37. The van der Waals surface area contributed by atoms with Crippen molar-refractivity contribution in [2.45, 2.75) is 32.7 Å². The molecule has 0 spiro atoms. The largest absolute Gasteiger partial charge is 0.441 e. The smallest absolute Gasteiger partial charge is 0.329 e. The van der Waals surface area contributed by atoms with Gasteiger partial charge in [0.1, 0.15) is 5.82 Å². The topological polar surface area (TPSA) is 129 Å². The summed E-state index contributed by atoms with van der Waals surface area (Å²) in [5.74, 6) is 1.63. The number of nitrogens with one attached hydrogen (secondary N) is 2. The first kappa shape index (κ1) is 20.9. The third-order valence-corrected chi connectivity index (χ3v) is 5.74. The molecule has 1 unspecified atom stereocenters. The molecule has 3 aromatic rings. The first-order chi connectivity index (χ1) is 16.0. The van der Waals surface area contributed by atoms with Gasteiger partial charge >= 0.3 is 6.03 Å². The van der Waals surface area contributed by atoms with Gasteiger partial charge in [0.05, 0.1) is 24.1 Å². The Morgan fingerprint density at radius 3 is 2.91 bits per heavy atom. The van der Waals surface area contributed by atoms with E-state index in [9.17, 15) is 9.59 Å². The molecule has 0 aliphatic carbocycles. The highest BCUT2D eigenvalue weighted by molar-refractivity contribution is 6.04. The minimum atomic E-state index is -0.372. The molecule has 5 rings (SSSR count). The van der Waals surface area contributed by atoms with Crippen LogP contribution in [0.3, 0.4) is 0 Å². The number of amides is 3. The van der Waals surface area contributed by atoms with Gasteiger partial charge in [0.25, 0.3) is 5.91 Å². The number of anilines is 3. The summed E-state index contributed by atoms with van der Waals surface area (Å²) in [7, 11) is 0. The zero-order chi connectivity index (χ0) is 22.9. The Kier molecular flexibility index (Phi) is 5.37. The predicted molar refractivity (Wildman–Crippen MR) is 121 cm³/mol. The number of hydrogen-bond donors (Lipinski definition) is 2. The van der Waals surface area contributed by atoms with E-state index in [1.54, 1.807) is 42.5 Å². The van der Waals surface area contributed by atoms with Crippen molar-refractivity contribution >= 4 is 29.3 Å². The van der Waals surface area contributed by atoms with Crippen LogP contribution >= 0.6 is 0 Å². The van der Waals surface area contributed by atoms with E-state index in [0.29, 0.717) is 36.4 Å². The SMILES string of the molecule is CCNC(=O)c1ncc2c(n1)N(C(=O)Nc1cc(-c3cnc(C)o3)ccn1)C1CCCN2C1. The molecule has 1 saturated heterocycles. The van der Waals surface area contributed by atoms with Crippen LogP contribution in [0.15, 0.2) is 35.1 Å². The number of piperidine rings is 1. The van der Waals surface area contributed by atoms with Crippen molar-refractivity contribution in [3.8, 4) is 11.3 Å². The average Bonchev–Trinajstić information content (AvgIpc) is 3.26. The number of nitrogens with zero attached hydrogens (tertiary/aromatic N) is 6. The molecular formula is C22H24N8O3. The van der Waals surface area contributed by atoms with Crippen molar-refractivity contribution in [3.63, 3.8) is 0 Å². The summed E-state index contributed by atoms with van der Waals surface area (Å²) in [5, 5.41) is 5.59. The van der Waals surface area contributed by atoms with Crippen molar-refractivity contribution in [1.82, 2.24) is 25.3 Å². The van der Waals surface area contributed by atoms with Crippen LogP contribution in [0.2, 0.25) is 0 Å². The Balaban J connectivity index is 1.46. The lowest BCUT2D eigenvalue weighted by Gasteiger charge is -2.45. The second kappa shape index (κ2) is 8.49. The molecule has 1 fully saturated rings. The number of carbonyl (C=O) groups is 2.